The number of hydrogen-bond acceptors (Lipinski definition) is 5. The largest absolute Gasteiger partial charge is 0.352 e. The summed E-state index contributed by atoms with van der Waals surface area (Å²) in [5.74, 6) is 2.01. The molecule has 0 aromatic carbocycles. The minimum absolute atomic E-state index is 0.355. The number of carbonyl (C=O) groups is 1. The molecule has 2 aromatic rings. The van der Waals surface area contributed by atoms with Gasteiger partial charge in [-0.15, -0.1) is 11.3 Å². The van der Waals surface area contributed by atoms with Crippen LogP contribution < -0.4 is 4.90 Å². The summed E-state index contributed by atoms with van der Waals surface area (Å²) < 4.78 is 0. The first kappa shape index (κ1) is 17.7. The van der Waals surface area contributed by atoms with Crippen LogP contribution in [0.1, 0.15) is 50.3 Å². The number of nitrogens with zero attached hydrogens (tertiary/aromatic N) is 4. The zero-order valence-corrected chi connectivity index (χ0v) is 16.4. The van der Waals surface area contributed by atoms with Crippen molar-refractivity contribution in [1.29, 1.82) is 0 Å². The van der Waals surface area contributed by atoms with E-state index >= 15 is 0 Å². The smallest absolute Gasteiger partial charge is 0.222 e. The maximum absolute atomic E-state index is 12.6. The first-order chi connectivity index (χ1) is 12.7. The van der Waals surface area contributed by atoms with Crippen molar-refractivity contribution in [3.8, 4) is 0 Å². The van der Waals surface area contributed by atoms with Crippen molar-refractivity contribution in [2.24, 2.45) is 5.92 Å². The summed E-state index contributed by atoms with van der Waals surface area (Å²) in [7, 11) is 0. The fourth-order valence-corrected chi connectivity index (χ4v) is 5.18. The lowest BCUT2D eigenvalue weighted by atomic mass is 9.86. The highest BCUT2D eigenvalue weighted by Crippen LogP contribution is 2.31. The van der Waals surface area contributed by atoms with Crippen LogP contribution in [0.15, 0.2) is 12.4 Å². The van der Waals surface area contributed by atoms with Crippen molar-refractivity contribution >= 4 is 33.3 Å². The average Bonchev–Trinajstić information content (AvgIpc) is 3.12. The molecule has 140 valence electrons. The van der Waals surface area contributed by atoms with E-state index < -0.39 is 0 Å². The van der Waals surface area contributed by atoms with Gasteiger partial charge in [0.05, 0.1) is 5.39 Å². The molecule has 1 aliphatic heterocycles. The molecule has 2 aliphatic rings. The van der Waals surface area contributed by atoms with E-state index in [4.69, 9.17) is 0 Å². The summed E-state index contributed by atoms with van der Waals surface area (Å²) in [5, 5.41) is 1.16. The molecule has 0 radical (unpaired) electrons. The van der Waals surface area contributed by atoms with E-state index in [1.807, 2.05) is 0 Å². The van der Waals surface area contributed by atoms with E-state index in [1.165, 1.54) is 37.0 Å². The number of rotatable bonds is 4. The number of aromatic nitrogens is 2. The Morgan fingerprint density at radius 1 is 1.15 bits per heavy atom. The Balaban J connectivity index is 1.39. The van der Waals surface area contributed by atoms with Gasteiger partial charge in [-0.05, 0) is 31.2 Å². The van der Waals surface area contributed by atoms with E-state index in [0.717, 1.165) is 55.1 Å². The molecule has 1 saturated carbocycles. The summed E-state index contributed by atoms with van der Waals surface area (Å²) in [6, 6.07) is 2.23. The third-order valence-corrected chi connectivity index (χ3v) is 7.02. The predicted octanol–water partition coefficient (Wildman–Crippen LogP) is 3.87. The normalized spacial score (nSPS) is 19.3. The van der Waals surface area contributed by atoms with Crippen LogP contribution in [0.3, 0.4) is 0 Å². The zero-order valence-electron chi connectivity index (χ0n) is 15.6. The van der Waals surface area contributed by atoms with Crippen molar-refractivity contribution in [2.75, 3.05) is 31.1 Å². The van der Waals surface area contributed by atoms with Crippen LogP contribution in [0.4, 0.5) is 5.82 Å². The first-order valence-electron chi connectivity index (χ1n) is 10.0. The highest BCUT2D eigenvalue weighted by molar-refractivity contribution is 7.18. The second kappa shape index (κ2) is 7.91. The van der Waals surface area contributed by atoms with E-state index in [0.29, 0.717) is 11.8 Å². The van der Waals surface area contributed by atoms with Gasteiger partial charge < -0.3 is 9.80 Å². The number of aryl methyl sites for hydroxylation is 1. The van der Waals surface area contributed by atoms with E-state index in [9.17, 15) is 4.79 Å². The van der Waals surface area contributed by atoms with Gasteiger partial charge in [-0.25, -0.2) is 9.97 Å². The van der Waals surface area contributed by atoms with Gasteiger partial charge in [0.15, 0.2) is 0 Å². The van der Waals surface area contributed by atoms with Crippen LogP contribution in [0.5, 0.6) is 0 Å². The molecule has 1 saturated heterocycles. The maximum atomic E-state index is 12.6. The minimum atomic E-state index is 0.355. The van der Waals surface area contributed by atoms with Gasteiger partial charge in [0.25, 0.3) is 0 Å². The number of thiophene rings is 1. The third-order valence-electron chi connectivity index (χ3n) is 5.83. The van der Waals surface area contributed by atoms with Gasteiger partial charge >= 0.3 is 0 Å². The molecule has 2 aromatic heterocycles. The Hall–Kier alpha value is -1.69. The Kier molecular flexibility index (Phi) is 5.38. The lowest BCUT2D eigenvalue weighted by molar-refractivity contribution is -0.132. The van der Waals surface area contributed by atoms with Crippen LogP contribution in [0.2, 0.25) is 0 Å². The monoisotopic (exact) mass is 372 g/mol. The van der Waals surface area contributed by atoms with E-state index in [2.05, 4.69) is 32.8 Å². The lowest BCUT2D eigenvalue weighted by Crippen LogP contribution is -2.49. The van der Waals surface area contributed by atoms with Gasteiger partial charge in [-0.1, -0.05) is 26.2 Å². The van der Waals surface area contributed by atoms with Crippen LogP contribution in [0.25, 0.3) is 10.2 Å². The second-order valence-electron chi connectivity index (χ2n) is 7.56. The average molecular weight is 373 g/mol. The Morgan fingerprint density at radius 3 is 2.65 bits per heavy atom. The SMILES string of the molecule is CCc1cc2c(N3CCN(C(=O)CC4CCCCC4)CC3)ncnc2s1. The summed E-state index contributed by atoms with van der Waals surface area (Å²) >= 11 is 1.76. The van der Waals surface area contributed by atoms with E-state index in [-0.39, 0.29) is 0 Å². The van der Waals surface area contributed by atoms with Crippen molar-refractivity contribution in [3.05, 3.63) is 17.3 Å². The minimum Gasteiger partial charge on any atom is -0.352 e. The standard InChI is InChI=1S/C20H28N4OS/c1-2-16-13-17-19(21-14-22-20(17)26-16)24-10-8-23(9-11-24)18(25)12-15-6-4-3-5-7-15/h13-15H,2-12H2,1H3. The van der Waals surface area contributed by atoms with Crippen molar-refractivity contribution < 1.29 is 4.79 Å². The number of carbonyl (C=O) groups excluding carboxylic acids is 1. The number of piperazine rings is 1. The summed E-state index contributed by atoms with van der Waals surface area (Å²) in [5.41, 5.74) is 0. The number of anilines is 1. The molecular weight excluding hydrogens is 344 g/mol. The van der Waals surface area contributed by atoms with Crippen LogP contribution >= 0.6 is 11.3 Å². The third kappa shape index (κ3) is 3.70. The maximum Gasteiger partial charge on any atom is 0.222 e. The summed E-state index contributed by atoms with van der Waals surface area (Å²) in [4.78, 5) is 28.4. The Bertz CT molecular complexity index is 760. The molecule has 2 fully saturated rings. The number of hydrogen-bond donors (Lipinski definition) is 0. The highest BCUT2D eigenvalue weighted by atomic mass is 32.1. The van der Waals surface area contributed by atoms with E-state index in [1.54, 1.807) is 17.7 Å². The van der Waals surface area contributed by atoms with Crippen molar-refractivity contribution in [3.63, 3.8) is 0 Å². The highest BCUT2D eigenvalue weighted by Gasteiger charge is 2.26. The summed E-state index contributed by atoms with van der Waals surface area (Å²) in [6.07, 6.45) is 9.89. The molecule has 5 nitrogen and oxygen atoms in total. The Labute approximate surface area is 159 Å². The summed E-state index contributed by atoms with van der Waals surface area (Å²) in [6.45, 7) is 5.51. The topological polar surface area (TPSA) is 49.3 Å². The van der Waals surface area contributed by atoms with Crippen LogP contribution in [0, 0.1) is 5.92 Å². The first-order valence-corrected chi connectivity index (χ1v) is 10.8. The molecule has 26 heavy (non-hydrogen) atoms. The molecule has 3 heterocycles. The van der Waals surface area contributed by atoms with Crippen molar-refractivity contribution in [2.45, 2.75) is 51.9 Å². The molecular formula is C20H28N4OS. The molecule has 0 N–H and O–H groups in total. The molecule has 1 amide bonds. The van der Waals surface area contributed by atoms with Gasteiger partial charge in [0.2, 0.25) is 5.91 Å². The molecule has 0 spiro atoms. The second-order valence-corrected chi connectivity index (χ2v) is 8.67. The number of amides is 1. The molecule has 0 unspecified atom stereocenters. The van der Waals surface area contributed by atoms with Gasteiger partial charge in [0.1, 0.15) is 17.0 Å². The molecule has 0 atom stereocenters. The fourth-order valence-electron chi connectivity index (χ4n) is 4.25. The fraction of sp³-hybridized carbons (Fsp3) is 0.650. The molecule has 0 bridgehead atoms. The molecule has 1 aliphatic carbocycles. The molecule has 6 heteroatoms. The van der Waals surface area contributed by atoms with Gasteiger partial charge in [-0.2, -0.15) is 0 Å². The zero-order chi connectivity index (χ0) is 17.9. The van der Waals surface area contributed by atoms with Crippen molar-refractivity contribution in [1.82, 2.24) is 14.9 Å². The lowest BCUT2D eigenvalue weighted by Gasteiger charge is -2.36. The molecule has 4 rings (SSSR count). The Morgan fingerprint density at radius 2 is 1.92 bits per heavy atom. The van der Waals surface area contributed by atoms with Crippen LogP contribution in [-0.4, -0.2) is 47.0 Å². The predicted molar refractivity (Wildman–Crippen MR) is 107 cm³/mol. The quantitative estimate of drug-likeness (QED) is 0.817. The van der Waals surface area contributed by atoms with Crippen LogP contribution in [-0.2, 0) is 11.2 Å². The van der Waals surface area contributed by atoms with Gasteiger partial charge in [-0.3, -0.25) is 4.79 Å². The van der Waals surface area contributed by atoms with Gasteiger partial charge in [0, 0.05) is 37.5 Å². The number of fused-ring (bicyclic) bond motifs is 1.